The second-order valence-corrected chi connectivity index (χ2v) is 7.43. The lowest BCUT2D eigenvalue weighted by Crippen LogP contribution is -2.46. The molecule has 2 fully saturated rings. The van der Waals surface area contributed by atoms with Crippen LogP contribution >= 0.6 is 0 Å². The first-order valence-corrected chi connectivity index (χ1v) is 8.51. The van der Waals surface area contributed by atoms with Crippen LogP contribution in [-0.2, 0) is 4.79 Å². The Morgan fingerprint density at radius 2 is 1.85 bits per heavy atom. The molecular formula is C17H32N2O. The number of carbonyl (C=O) groups is 1. The molecule has 1 aliphatic carbocycles. The van der Waals surface area contributed by atoms with Crippen molar-refractivity contribution in [1.29, 1.82) is 0 Å². The van der Waals surface area contributed by atoms with E-state index >= 15 is 0 Å². The van der Waals surface area contributed by atoms with Gasteiger partial charge in [-0.3, -0.25) is 10.1 Å². The van der Waals surface area contributed by atoms with Crippen LogP contribution in [0, 0.1) is 11.8 Å². The lowest BCUT2D eigenvalue weighted by Gasteiger charge is -2.34. The van der Waals surface area contributed by atoms with Crippen molar-refractivity contribution < 1.29 is 4.79 Å². The number of rotatable bonds is 5. The largest absolute Gasteiger partial charge is 0.323 e. The van der Waals surface area contributed by atoms with Crippen LogP contribution in [-0.4, -0.2) is 28.6 Å². The van der Waals surface area contributed by atoms with Crippen LogP contribution in [0.2, 0.25) is 0 Å². The Morgan fingerprint density at radius 3 is 2.35 bits per heavy atom. The molecule has 3 atom stereocenters. The second kappa shape index (κ2) is 6.05. The summed E-state index contributed by atoms with van der Waals surface area (Å²) in [6, 6.07) is 0.345. The summed E-state index contributed by atoms with van der Waals surface area (Å²) in [7, 11) is 0. The highest BCUT2D eigenvalue weighted by atomic mass is 16.2. The van der Waals surface area contributed by atoms with Crippen LogP contribution in [0.1, 0.15) is 73.1 Å². The maximum Gasteiger partial charge on any atom is 0.244 e. The molecule has 0 aromatic carbocycles. The van der Waals surface area contributed by atoms with E-state index in [-0.39, 0.29) is 11.7 Å². The number of amides is 1. The summed E-state index contributed by atoms with van der Waals surface area (Å²) >= 11 is 0. The Labute approximate surface area is 124 Å². The van der Waals surface area contributed by atoms with E-state index in [1.807, 2.05) is 0 Å². The first-order valence-electron chi connectivity index (χ1n) is 8.51. The van der Waals surface area contributed by atoms with E-state index < -0.39 is 0 Å². The van der Waals surface area contributed by atoms with Crippen molar-refractivity contribution in [3.63, 3.8) is 0 Å². The summed E-state index contributed by atoms with van der Waals surface area (Å²) < 4.78 is 0. The maximum absolute atomic E-state index is 13.0. The van der Waals surface area contributed by atoms with Gasteiger partial charge < -0.3 is 4.90 Å². The third-order valence-electron chi connectivity index (χ3n) is 5.37. The molecule has 1 N–H and O–H groups in total. The van der Waals surface area contributed by atoms with Crippen molar-refractivity contribution in [1.82, 2.24) is 10.2 Å². The fourth-order valence-electron chi connectivity index (χ4n) is 3.95. The van der Waals surface area contributed by atoms with E-state index in [1.165, 1.54) is 19.3 Å². The SMILES string of the molecule is CCC(C)CC(C)N1C(=O)C2(CCCC2)NC1C(C)C. The summed E-state index contributed by atoms with van der Waals surface area (Å²) in [5, 5.41) is 3.71. The van der Waals surface area contributed by atoms with Gasteiger partial charge in [-0.1, -0.05) is 47.0 Å². The molecule has 0 aromatic heterocycles. The fourth-order valence-corrected chi connectivity index (χ4v) is 3.95. The van der Waals surface area contributed by atoms with Gasteiger partial charge in [0.05, 0.1) is 11.7 Å². The van der Waals surface area contributed by atoms with Gasteiger partial charge in [-0.15, -0.1) is 0 Å². The Hall–Kier alpha value is -0.570. The summed E-state index contributed by atoms with van der Waals surface area (Å²) in [6.45, 7) is 11.2. The summed E-state index contributed by atoms with van der Waals surface area (Å²) in [5.74, 6) is 1.54. The first kappa shape index (κ1) is 15.8. The number of hydrogen-bond acceptors (Lipinski definition) is 2. The lowest BCUT2D eigenvalue weighted by atomic mass is 9.95. The van der Waals surface area contributed by atoms with E-state index in [9.17, 15) is 4.79 Å². The zero-order valence-corrected chi connectivity index (χ0v) is 13.9. The van der Waals surface area contributed by atoms with Gasteiger partial charge in [0.1, 0.15) is 0 Å². The van der Waals surface area contributed by atoms with Crippen LogP contribution in [0.15, 0.2) is 0 Å². The van der Waals surface area contributed by atoms with Crippen molar-refractivity contribution in [3.8, 4) is 0 Å². The molecule has 1 spiro atoms. The van der Waals surface area contributed by atoms with Crippen LogP contribution < -0.4 is 5.32 Å². The third kappa shape index (κ3) is 2.74. The third-order valence-corrected chi connectivity index (χ3v) is 5.37. The summed E-state index contributed by atoms with van der Waals surface area (Å²) in [6.07, 6.45) is 6.97. The van der Waals surface area contributed by atoms with Crippen molar-refractivity contribution in [3.05, 3.63) is 0 Å². The molecule has 20 heavy (non-hydrogen) atoms. The van der Waals surface area contributed by atoms with E-state index in [4.69, 9.17) is 0 Å². The molecule has 1 heterocycles. The molecule has 3 nitrogen and oxygen atoms in total. The number of nitrogens with one attached hydrogen (secondary N) is 1. The molecule has 3 unspecified atom stereocenters. The molecule has 1 aliphatic heterocycles. The van der Waals surface area contributed by atoms with Gasteiger partial charge in [0.15, 0.2) is 0 Å². The minimum Gasteiger partial charge on any atom is -0.323 e. The fraction of sp³-hybridized carbons (Fsp3) is 0.941. The Bertz CT molecular complexity index is 347. The maximum atomic E-state index is 13.0. The zero-order chi connectivity index (χ0) is 14.9. The standard InChI is InChI=1S/C17H32N2O/c1-6-13(4)11-14(5)19-15(12(2)3)18-17(16(19)20)9-7-8-10-17/h12-15,18H,6-11H2,1-5H3. The molecule has 2 rings (SSSR count). The molecule has 116 valence electrons. The van der Waals surface area contributed by atoms with E-state index in [1.54, 1.807) is 0 Å². The van der Waals surface area contributed by atoms with Gasteiger partial charge in [0, 0.05) is 6.04 Å². The first-order chi connectivity index (χ1) is 9.41. The molecule has 1 saturated carbocycles. The van der Waals surface area contributed by atoms with Crippen molar-refractivity contribution in [2.45, 2.75) is 90.9 Å². The summed E-state index contributed by atoms with van der Waals surface area (Å²) in [5.41, 5.74) is -0.224. The quantitative estimate of drug-likeness (QED) is 0.835. The number of carbonyl (C=O) groups excluding carboxylic acids is 1. The van der Waals surface area contributed by atoms with Crippen LogP contribution in [0.5, 0.6) is 0 Å². The molecular weight excluding hydrogens is 248 g/mol. The predicted molar refractivity (Wildman–Crippen MR) is 83.3 cm³/mol. The van der Waals surface area contributed by atoms with E-state index in [0.717, 1.165) is 19.3 Å². The Morgan fingerprint density at radius 1 is 1.25 bits per heavy atom. The molecule has 1 saturated heterocycles. The molecule has 0 radical (unpaired) electrons. The topological polar surface area (TPSA) is 32.3 Å². The summed E-state index contributed by atoms with van der Waals surface area (Å²) in [4.78, 5) is 15.2. The number of nitrogens with zero attached hydrogens (tertiary/aromatic N) is 1. The zero-order valence-electron chi connectivity index (χ0n) is 13.9. The highest BCUT2D eigenvalue weighted by Crippen LogP contribution is 2.39. The van der Waals surface area contributed by atoms with E-state index in [0.29, 0.717) is 23.8 Å². The van der Waals surface area contributed by atoms with Gasteiger partial charge in [-0.05, 0) is 38.0 Å². The normalized spacial score (nSPS) is 28.6. The van der Waals surface area contributed by atoms with Crippen molar-refractivity contribution in [2.75, 3.05) is 0 Å². The molecule has 2 aliphatic rings. The second-order valence-electron chi connectivity index (χ2n) is 7.43. The smallest absolute Gasteiger partial charge is 0.244 e. The van der Waals surface area contributed by atoms with Crippen LogP contribution in [0.3, 0.4) is 0 Å². The van der Waals surface area contributed by atoms with Gasteiger partial charge in [0.25, 0.3) is 0 Å². The van der Waals surface area contributed by atoms with Gasteiger partial charge in [-0.2, -0.15) is 0 Å². The monoisotopic (exact) mass is 280 g/mol. The van der Waals surface area contributed by atoms with Crippen LogP contribution in [0.25, 0.3) is 0 Å². The minimum atomic E-state index is -0.224. The Balaban J connectivity index is 2.17. The predicted octanol–water partition coefficient (Wildman–Crippen LogP) is 3.54. The van der Waals surface area contributed by atoms with E-state index in [2.05, 4.69) is 44.8 Å². The number of hydrogen-bond donors (Lipinski definition) is 1. The lowest BCUT2D eigenvalue weighted by molar-refractivity contribution is -0.135. The highest BCUT2D eigenvalue weighted by Gasteiger charge is 2.53. The van der Waals surface area contributed by atoms with Crippen molar-refractivity contribution in [2.24, 2.45) is 11.8 Å². The van der Waals surface area contributed by atoms with Gasteiger partial charge in [-0.25, -0.2) is 0 Å². The Kier molecular flexibility index (Phi) is 4.78. The molecule has 0 aromatic rings. The van der Waals surface area contributed by atoms with Crippen LogP contribution in [0.4, 0.5) is 0 Å². The van der Waals surface area contributed by atoms with Gasteiger partial charge in [0.2, 0.25) is 5.91 Å². The minimum absolute atomic E-state index is 0.222. The van der Waals surface area contributed by atoms with Crippen molar-refractivity contribution >= 4 is 5.91 Å². The average molecular weight is 280 g/mol. The molecule has 1 amide bonds. The van der Waals surface area contributed by atoms with Gasteiger partial charge >= 0.3 is 0 Å². The highest BCUT2D eigenvalue weighted by molar-refractivity contribution is 5.89. The molecule has 0 bridgehead atoms. The molecule has 3 heteroatoms. The average Bonchev–Trinajstić information content (AvgIpc) is 2.97.